The van der Waals surface area contributed by atoms with Crippen molar-refractivity contribution in [3.63, 3.8) is 0 Å². The Morgan fingerprint density at radius 1 is 0.750 bits per heavy atom. The number of hydrogen-bond acceptors (Lipinski definition) is 3. The van der Waals surface area contributed by atoms with Crippen LogP contribution in [0, 0.1) is 10.1 Å². The number of ether oxygens (including phenoxy) is 1. The minimum absolute atomic E-state index is 0.00422. The molecule has 4 aromatic carbocycles. The van der Waals surface area contributed by atoms with Gasteiger partial charge in [0.05, 0.1) is 9.95 Å². The highest BCUT2D eigenvalue weighted by atomic mass is 35.5. The Morgan fingerprint density at radius 3 is 1.75 bits per heavy atom. The third kappa shape index (κ3) is 5.22. The van der Waals surface area contributed by atoms with E-state index in [9.17, 15) is 10.1 Å². The van der Waals surface area contributed by atoms with Crippen molar-refractivity contribution < 1.29 is 9.66 Å². The Hall–Kier alpha value is -3.08. The Balaban J connectivity index is 0.000000188. The first-order valence-corrected chi connectivity index (χ1v) is 9.09. The number of rotatable bonds is 3. The molecule has 0 saturated carbocycles. The summed E-state index contributed by atoms with van der Waals surface area (Å²) in [6.45, 7) is 0. The van der Waals surface area contributed by atoms with Gasteiger partial charge in [-0.3, -0.25) is 10.1 Å². The summed E-state index contributed by atoms with van der Waals surface area (Å²) in [4.78, 5) is 10.0. The molecule has 4 aromatic rings. The molecule has 0 fully saturated rings. The molecular formula is C22H15Cl2NO3. The van der Waals surface area contributed by atoms with Crippen LogP contribution >= 0.6 is 23.2 Å². The third-order valence-electron chi connectivity index (χ3n) is 3.83. The van der Waals surface area contributed by atoms with E-state index in [1.54, 1.807) is 18.2 Å². The molecule has 0 aliphatic carbocycles. The molecule has 0 heterocycles. The molecule has 28 heavy (non-hydrogen) atoms. The van der Waals surface area contributed by atoms with Gasteiger partial charge < -0.3 is 4.74 Å². The number of hydrogen-bond donors (Lipinski definition) is 0. The van der Waals surface area contributed by atoms with Crippen molar-refractivity contribution in [3.05, 3.63) is 111 Å². The van der Waals surface area contributed by atoms with Gasteiger partial charge in [0.15, 0.2) is 0 Å². The second-order valence-corrected chi connectivity index (χ2v) is 6.62. The van der Waals surface area contributed by atoms with Crippen molar-refractivity contribution in [2.45, 2.75) is 0 Å². The fourth-order valence-electron chi connectivity index (χ4n) is 2.45. The van der Waals surface area contributed by atoms with Crippen LogP contribution in [0.2, 0.25) is 10.0 Å². The molecular weight excluding hydrogens is 397 g/mol. The van der Waals surface area contributed by atoms with Crippen LogP contribution in [0.25, 0.3) is 10.8 Å². The summed E-state index contributed by atoms with van der Waals surface area (Å²) in [5.74, 6) is 0.903. The quantitative estimate of drug-likeness (QED) is 0.258. The predicted molar refractivity (Wildman–Crippen MR) is 114 cm³/mol. The van der Waals surface area contributed by atoms with E-state index in [0.29, 0.717) is 21.5 Å². The van der Waals surface area contributed by atoms with E-state index in [4.69, 9.17) is 27.9 Å². The average molecular weight is 412 g/mol. The topological polar surface area (TPSA) is 52.4 Å². The van der Waals surface area contributed by atoms with Gasteiger partial charge in [-0.2, -0.15) is 0 Å². The maximum atomic E-state index is 10.5. The molecule has 0 amide bonds. The van der Waals surface area contributed by atoms with Gasteiger partial charge in [-0.25, -0.2) is 0 Å². The van der Waals surface area contributed by atoms with Crippen LogP contribution in [0.3, 0.4) is 0 Å². The summed E-state index contributed by atoms with van der Waals surface area (Å²) in [7, 11) is 0. The monoisotopic (exact) mass is 411 g/mol. The zero-order valence-electron chi connectivity index (χ0n) is 14.6. The van der Waals surface area contributed by atoms with Crippen molar-refractivity contribution >= 4 is 39.7 Å². The predicted octanol–water partition coefficient (Wildman–Crippen LogP) is 7.53. The largest absolute Gasteiger partial charge is 0.456 e. The molecule has 0 aliphatic heterocycles. The van der Waals surface area contributed by atoms with E-state index in [1.165, 1.54) is 35.0 Å². The van der Waals surface area contributed by atoms with Crippen LogP contribution in [0.15, 0.2) is 91.0 Å². The lowest BCUT2D eigenvalue weighted by molar-refractivity contribution is -0.384. The molecule has 0 radical (unpaired) electrons. The van der Waals surface area contributed by atoms with Gasteiger partial charge in [0, 0.05) is 17.2 Å². The summed E-state index contributed by atoms with van der Waals surface area (Å²) in [6, 6.07) is 27.3. The number of fused-ring (bicyclic) bond motifs is 1. The first kappa shape index (κ1) is 19.7. The smallest absolute Gasteiger partial charge is 0.269 e. The second-order valence-electron chi connectivity index (χ2n) is 5.77. The van der Waals surface area contributed by atoms with E-state index in [2.05, 4.69) is 48.5 Å². The van der Waals surface area contributed by atoms with E-state index in [1.807, 2.05) is 0 Å². The molecule has 0 N–H and O–H groups in total. The molecule has 0 atom stereocenters. The number of halogens is 2. The minimum atomic E-state index is -0.473. The zero-order valence-corrected chi connectivity index (χ0v) is 16.1. The van der Waals surface area contributed by atoms with E-state index < -0.39 is 4.92 Å². The molecule has 4 rings (SSSR count). The lowest BCUT2D eigenvalue weighted by Gasteiger charge is -2.07. The summed E-state index contributed by atoms with van der Waals surface area (Å²) < 4.78 is 5.49. The number of nitro benzene ring substituents is 1. The van der Waals surface area contributed by atoms with Crippen molar-refractivity contribution in [2.24, 2.45) is 0 Å². The summed E-state index contributed by atoms with van der Waals surface area (Å²) in [5, 5.41) is 14.0. The maximum absolute atomic E-state index is 10.5. The lowest BCUT2D eigenvalue weighted by Crippen LogP contribution is -1.88. The minimum Gasteiger partial charge on any atom is -0.456 e. The Morgan fingerprint density at radius 2 is 1.29 bits per heavy atom. The van der Waals surface area contributed by atoms with E-state index in [0.717, 1.165) is 0 Å². The standard InChI is InChI=1S/C12H7Cl2NO3.C10H8/c13-8-1-6-12(11(14)7-8)18-10-4-2-9(3-5-10)15(16)17;1-2-6-10-8-4-3-7-9(10)5-1/h1-7H;1-8H. The summed E-state index contributed by atoms with van der Waals surface area (Å²) in [6.07, 6.45) is 0. The molecule has 0 bridgehead atoms. The van der Waals surface area contributed by atoms with Crippen LogP contribution in [0.1, 0.15) is 0 Å². The van der Waals surface area contributed by atoms with Gasteiger partial charge in [0.2, 0.25) is 0 Å². The van der Waals surface area contributed by atoms with Crippen LogP contribution in [-0.4, -0.2) is 4.92 Å². The molecule has 0 saturated heterocycles. The lowest BCUT2D eigenvalue weighted by atomic mass is 10.1. The normalized spacial score (nSPS) is 10.1. The molecule has 4 nitrogen and oxygen atoms in total. The van der Waals surface area contributed by atoms with Crippen molar-refractivity contribution in [3.8, 4) is 11.5 Å². The Labute approximate surface area is 172 Å². The average Bonchev–Trinajstić information content (AvgIpc) is 2.71. The van der Waals surface area contributed by atoms with Gasteiger partial charge in [-0.15, -0.1) is 0 Å². The van der Waals surface area contributed by atoms with E-state index >= 15 is 0 Å². The Bertz CT molecular complexity index is 1030. The van der Waals surface area contributed by atoms with Gasteiger partial charge in [-0.1, -0.05) is 71.7 Å². The first-order valence-electron chi connectivity index (χ1n) is 8.34. The third-order valence-corrected chi connectivity index (χ3v) is 4.36. The van der Waals surface area contributed by atoms with Crippen molar-refractivity contribution in [1.29, 1.82) is 0 Å². The highest BCUT2D eigenvalue weighted by molar-refractivity contribution is 6.35. The highest BCUT2D eigenvalue weighted by Crippen LogP contribution is 2.32. The highest BCUT2D eigenvalue weighted by Gasteiger charge is 2.07. The summed E-state index contributed by atoms with van der Waals surface area (Å²) >= 11 is 11.7. The van der Waals surface area contributed by atoms with Gasteiger partial charge in [0.1, 0.15) is 11.5 Å². The zero-order chi connectivity index (χ0) is 19.9. The van der Waals surface area contributed by atoms with Gasteiger partial charge in [0.25, 0.3) is 5.69 Å². The second kappa shape index (κ2) is 9.22. The van der Waals surface area contributed by atoms with Crippen LogP contribution in [0.4, 0.5) is 5.69 Å². The van der Waals surface area contributed by atoms with Crippen LogP contribution < -0.4 is 4.74 Å². The number of nitro groups is 1. The van der Waals surface area contributed by atoms with Crippen LogP contribution in [0.5, 0.6) is 11.5 Å². The molecule has 140 valence electrons. The number of benzene rings is 4. The van der Waals surface area contributed by atoms with Crippen molar-refractivity contribution in [2.75, 3.05) is 0 Å². The van der Waals surface area contributed by atoms with Gasteiger partial charge >= 0.3 is 0 Å². The number of nitrogens with zero attached hydrogens (tertiary/aromatic N) is 1. The first-order chi connectivity index (χ1) is 13.5. The maximum Gasteiger partial charge on any atom is 0.269 e. The van der Waals surface area contributed by atoms with Crippen molar-refractivity contribution in [1.82, 2.24) is 0 Å². The fraction of sp³-hybridized carbons (Fsp3) is 0. The van der Waals surface area contributed by atoms with Crippen LogP contribution in [-0.2, 0) is 0 Å². The molecule has 0 spiro atoms. The molecule has 0 aliphatic rings. The summed E-state index contributed by atoms with van der Waals surface area (Å²) in [5.41, 5.74) is 0.00422. The SMILES string of the molecule is O=[N+]([O-])c1ccc(Oc2ccc(Cl)cc2Cl)cc1.c1ccc2ccccc2c1. The molecule has 6 heteroatoms. The number of non-ortho nitro benzene ring substituents is 1. The Kier molecular flexibility index (Phi) is 6.48. The van der Waals surface area contributed by atoms with E-state index in [-0.39, 0.29) is 5.69 Å². The molecule has 0 aromatic heterocycles. The fourth-order valence-corrected chi connectivity index (χ4v) is 2.90. The molecule has 0 unspecified atom stereocenters. The van der Waals surface area contributed by atoms with Gasteiger partial charge in [-0.05, 0) is 41.1 Å².